The molecule has 8 nitrogen and oxygen atoms in total. The van der Waals surface area contributed by atoms with Crippen molar-refractivity contribution in [3.8, 4) is 0 Å². The number of carbonyl (C=O) groups is 2. The van der Waals surface area contributed by atoms with Crippen LogP contribution in [0.15, 0.2) is 4.99 Å². The Morgan fingerprint density at radius 1 is 1.38 bits per heavy atom. The van der Waals surface area contributed by atoms with Crippen molar-refractivity contribution in [1.29, 1.82) is 0 Å². The number of guanidine groups is 1. The number of aliphatic imine (C=N–C) groups is 1. The monoisotopic (exact) mass is 232 g/mol. The van der Waals surface area contributed by atoms with Crippen molar-refractivity contribution in [2.45, 2.75) is 18.9 Å². The Kier molecular flexibility index (Phi) is 6.61. The number of ether oxygens (including phenoxy) is 1. The quantitative estimate of drug-likeness (QED) is 0.171. The normalized spacial score (nSPS) is 11.6. The zero-order valence-electron chi connectivity index (χ0n) is 8.76. The van der Waals surface area contributed by atoms with Crippen LogP contribution in [0.25, 0.3) is 0 Å². The minimum Gasteiger partial charge on any atom is -0.479 e. The molecule has 0 aromatic rings. The molecule has 0 aliphatic heterocycles. The molecule has 0 aliphatic carbocycles. The topological polar surface area (TPSA) is 154 Å². The van der Waals surface area contributed by atoms with Gasteiger partial charge in [-0.15, -0.1) is 0 Å². The Morgan fingerprint density at radius 3 is 2.50 bits per heavy atom. The van der Waals surface area contributed by atoms with Crippen LogP contribution in [-0.2, 0) is 14.3 Å². The predicted molar refractivity (Wildman–Crippen MR) is 56.5 cm³/mol. The highest BCUT2D eigenvalue weighted by atomic mass is 16.5. The van der Waals surface area contributed by atoms with E-state index >= 15 is 0 Å². The lowest BCUT2D eigenvalue weighted by Crippen LogP contribution is -2.33. The predicted octanol–water partition coefficient (Wildman–Crippen LogP) is -2.00. The Labute approximate surface area is 92.4 Å². The minimum atomic E-state index is -1.22. The zero-order chi connectivity index (χ0) is 12.6. The van der Waals surface area contributed by atoms with Crippen molar-refractivity contribution < 1.29 is 19.4 Å². The second-order valence-corrected chi connectivity index (χ2v) is 3.06. The van der Waals surface area contributed by atoms with Crippen LogP contribution in [0.5, 0.6) is 0 Å². The van der Waals surface area contributed by atoms with Crippen molar-refractivity contribution in [2.24, 2.45) is 22.2 Å². The minimum absolute atomic E-state index is 0.0259. The van der Waals surface area contributed by atoms with Crippen LogP contribution in [0.3, 0.4) is 0 Å². The number of nitrogens with zero attached hydrogens (tertiary/aromatic N) is 1. The van der Waals surface area contributed by atoms with Gasteiger partial charge in [0.05, 0.1) is 0 Å². The van der Waals surface area contributed by atoms with E-state index in [0.29, 0.717) is 19.4 Å². The second kappa shape index (κ2) is 7.46. The van der Waals surface area contributed by atoms with Gasteiger partial charge in [0.15, 0.2) is 12.6 Å². The van der Waals surface area contributed by atoms with Gasteiger partial charge in [0.2, 0.25) is 0 Å². The maximum absolute atomic E-state index is 11.1. The summed E-state index contributed by atoms with van der Waals surface area (Å²) in [5, 5.41) is 8.26. The molecule has 0 bridgehead atoms. The van der Waals surface area contributed by atoms with Crippen LogP contribution in [-0.4, -0.2) is 42.2 Å². The number of hydrogen-bond donors (Lipinski definition) is 4. The molecule has 0 heterocycles. The maximum Gasteiger partial charge on any atom is 0.341 e. The third-order valence-electron chi connectivity index (χ3n) is 1.61. The van der Waals surface area contributed by atoms with Crippen LogP contribution in [0.4, 0.5) is 0 Å². The molecule has 0 unspecified atom stereocenters. The Morgan fingerprint density at radius 2 is 2.00 bits per heavy atom. The summed E-state index contributed by atoms with van der Waals surface area (Å²) in [6.45, 7) is -0.317. The Balaban J connectivity index is 3.71. The molecule has 8 heteroatoms. The number of carboxylic acids is 1. The molecular weight excluding hydrogens is 216 g/mol. The molecule has 0 spiro atoms. The van der Waals surface area contributed by atoms with Gasteiger partial charge in [0.25, 0.3) is 0 Å². The van der Waals surface area contributed by atoms with Gasteiger partial charge < -0.3 is 27.0 Å². The Hall–Kier alpha value is -1.83. The van der Waals surface area contributed by atoms with Crippen LogP contribution in [0.1, 0.15) is 12.8 Å². The highest BCUT2D eigenvalue weighted by molar-refractivity contribution is 5.78. The van der Waals surface area contributed by atoms with Crippen LogP contribution in [0, 0.1) is 0 Å². The number of carbonyl (C=O) groups excluding carboxylic acids is 1. The Bertz CT molecular complexity index is 275. The molecule has 0 radical (unpaired) electrons. The average molecular weight is 232 g/mol. The summed E-state index contributed by atoms with van der Waals surface area (Å²) in [4.78, 5) is 24.9. The summed E-state index contributed by atoms with van der Waals surface area (Å²) < 4.78 is 4.39. The highest BCUT2D eigenvalue weighted by Gasteiger charge is 2.15. The van der Waals surface area contributed by atoms with Gasteiger partial charge in [-0.1, -0.05) is 0 Å². The largest absolute Gasteiger partial charge is 0.479 e. The summed E-state index contributed by atoms with van der Waals surface area (Å²) in [7, 11) is 0. The summed E-state index contributed by atoms with van der Waals surface area (Å²) in [5.74, 6) is -1.99. The number of esters is 1. The standard InChI is InChI=1S/C8H16N4O4/c9-5(2-1-3-12-8(10)11)7(15)16-4-6(13)14/h5H,1-4,9H2,(H,13,14)(H4,10,11,12)/t5-/m0/s1. The molecule has 0 aromatic carbocycles. The lowest BCUT2D eigenvalue weighted by molar-refractivity contribution is -0.156. The first kappa shape index (κ1) is 14.2. The molecule has 92 valence electrons. The molecule has 0 fully saturated rings. The number of aliphatic carboxylic acids is 1. The zero-order valence-corrected chi connectivity index (χ0v) is 8.76. The number of carboxylic acid groups (broad SMARTS) is 1. The molecule has 1 atom stereocenters. The van der Waals surface area contributed by atoms with Gasteiger partial charge in [0, 0.05) is 6.54 Å². The van der Waals surface area contributed by atoms with Crippen molar-refractivity contribution in [1.82, 2.24) is 0 Å². The smallest absolute Gasteiger partial charge is 0.341 e. The lowest BCUT2D eigenvalue weighted by Gasteiger charge is -2.09. The van der Waals surface area contributed by atoms with Crippen molar-refractivity contribution >= 4 is 17.9 Å². The second-order valence-electron chi connectivity index (χ2n) is 3.06. The number of nitrogens with two attached hydrogens (primary N) is 3. The molecule has 16 heavy (non-hydrogen) atoms. The van der Waals surface area contributed by atoms with E-state index in [9.17, 15) is 9.59 Å². The van der Waals surface area contributed by atoms with E-state index < -0.39 is 24.6 Å². The molecular formula is C8H16N4O4. The van der Waals surface area contributed by atoms with Gasteiger partial charge >= 0.3 is 11.9 Å². The van der Waals surface area contributed by atoms with Gasteiger partial charge in [-0.05, 0) is 12.8 Å². The number of hydrogen-bond acceptors (Lipinski definition) is 5. The number of rotatable bonds is 7. The molecule has 0 aromatic heterocycles. The van der Waals surface area contributed by atoms with Crippen LogP contribution < -0.4 is 17.2 Å². The van der Waals surface area contributed by atoms with E-state index in [1.165, 1.54) is 0 Å². The highest BCUT2D eigenvalue weighted by Crippen LogP contribution is 1.97. The van der Waals surface area contributed by atoms with E-state index in [4.69, 9.17) is 22.3 Å². The third kappa shape index (κ3) is 7.56. The van der Waals surface area contributed by atoms with Crippen LogP contribution in [0.2, 0.25) is 0 Å². The fraction of sp³-hybridized carbons (Fsp3) is 0.625. The molecule has 0 aliphatic rings. The van der Waals surface area contributed by atoms with E-state index in [0.717, 1.165) is 0 Å². The summed E-state index contributed by atoms with van der Waals surface area (Å²) in [6.07, 6.45) is 0.844. The summed E-state index contributed by atoms with van der Waals surface area (Å²) in [5.41, 5.74) is 15.6. The fourth-order valence-corrected chi connectivity index (χ4v) is 0.877. The van der Waals surface area contributed by atoms with E-state index in [1.54, 1.807) is 0 Å². The molecule has 0 amide bonds. The average Bonchev–Trinajstić information content (AvgIpc) is 2.20. The van der Waals surface area contributed by atoms with Gasteiger partial charge in [-0.25, -0.2) is 4.79 Å². The maximum atomic E-state index is 11.1. The SMILES string of the molecule is NC(N)=NCCC[C@H](N)C(=O)OCC(=O)O. The van der Waals surface area contributed by atoms with Crippen molar-refractivity contribution in [2.75, 3.05) is 13.2 Å². The molecule has 0 saturated heterocycles. The summed E-state index contributed by atoms with van der Waals surface area (Å²) >= 11 is 0. The van der Waals surface area contributed by atoms with E-state index in [-0.39, 0.29) is 5.96 Å². The molecule has 0 saturated carbocycles. The van der Waals surface area contributed by atoms with Gasteiger partial charge in [-0.2, -0.15) is 0 Å². The van der Waals surface area contributed by atoms with Crippen molar-refractivity contribution in [3.63, 3.8) is 0 Å². The van der Waals surface area contributed by atoms with Crippen molar-refractivity contribution in [3.05, 3.63) is 0 Å². The lowest BCUT2D eigenvalue weighted by atomic mass is 10.2. The van der Waals surface area contributed by atoms with Gasteiger partial charge in [-0.3, -0.25) is 9.79 Å². The van der Waals surface area contributed by atoms with Crippen LogP contribution >= 0.6 is 0 Å². The van der Waals surface area contributed by atoms with Gasteiger partial charge in [0.1, 0.15) is 6.04 Å². The third-order valence-corrected chi connectivity index (χ3v) is 1.61. The first-order chi connectivity index (χ1) is 7.43. The molecule has 7 N–H and O–H groups in total. The first-order valence-electron chi connectivity index (χ1n) is 4.63. The molecule has 0 rings (SSSR count). The fourth-order valence-electron chi connectivity index (χ4n) is 0.877. The van der Waals surface area contributed by atoms with E-state index in [2.05, 4.69) is 9.73 Å². The van der Waals surface area contributed by atoms with E-state index in [1.807, 2.05) is 0 Å². The first-order valence-corrected chi connectivity index (χ1v) is 4.63. The summed E-state index contributed by atoms with van der Waals surface area (Å²) in [6, 6.07) is -0.853.